The molecule has 0 spiro atoms. The van der Waals surface area contributed by atoms with Crippen LogP contribution in [0.25, 0.3) is 0 Å². The van der Waals surface area contributed by atoms with Crippen LogP contribution < -0.4 is 4.72 Å². The predicted octanol–water partition coefficient (Wildman–Crippen LogP) is 3.04. The number of ether oxygens (including phenoxy) is 1. The molecule has 0 amide bonds. The first-order valence-electron chi connectivity index (χ1n) is 7.63. The van der Waals surface area contributed by atoms with Crippen LogP contribution in [0.2, 0.25) is 0 Å². The van der Waals surface area contributed by atoms with Crippen LogP contribution in [-0.2, 0) is 21.4 Å². The molecule has 0 atom stereocenters. The van der Waals surface area contributed by atoms with Crippen LogP contribution in [0.1, 0.15) is 35.3 Å². The molecular weight excluding hydrogens is 326 g/mol. The number of aryl methyl sites for hydroxylation is 1. The van der Waals surface area contributed by atoms with E-state index in [1.165, 1.54) is 24.3 Å². The monoisotopic (exact) mass is 347 g/mol. The van der Waals surface area contributed by atoms with Gasteiger partial charge < -0.3 is 4.74 Å². The molecule has 0 bridgehead atoms. The Morgan fingerprint density at radius 2 is 1.79 bits per heavy atom. The highest BCUT2D eigenvalue weighted by Gasteiger charge is 2.16. The van der Waals surface area contributed by atoms with Crippen molar-refractivity contribution in [3.63, 3.8) is 0 Å². The molecule has 1 N–H and O–H groups in total. The van der Waals surface area contributed by atoms with E-state index >= 15 is 0 Å². The summed E-state index contributed by atoms with van der Waals surface area (Å²) in [6, 6.07) is 13.2. The van der Waals surface area contributed by atoms with Gasteiger partial charge in [0, 0.05) is 6.04 Å². The average Bonchev–Trinajstić information content (AvgIpc) is 2.51. The van der Waals surface area contributed by atoms with Crippen LogP contribution in [0.4, 0.5) is 0 Å². The summed E-state index contributed by atoms with van der Waals surface area (Å²) in [6.07, 6.45) is 0. The van der Waals surface area contributed by atoms with Crippen LogP contribution in [-0.4, -0.2) is 20.4 Å². The van der Waals surface area contributed by atoms with Crippen molar-refractivity contribution < 1.29 is 17.9 Å². The van der Waals surface area contributed by atoms with Crippen LogP contribution in [0.15, 0.2) is 53.4 Å². The predicted molar refractivity (Wildman–Crippen MR) is 92.2 cm³/mol. The highest BCUT2D eigenvalue weighted by Crippen LogP contribution is 2.13. The van der Waals surface area contributed by atoms with Gasteiger partial charge in [0.15, 0.2) is 0 Å². The van der Waals surface area contributed by atoms with Gasteiger partial charge in [0.1, 0.15) is 6.61 Å². The van der Waals surface area contributed by atoms with Crippen LogP contribution in [0.3, 0.4) is 0 Å². The Morgan fingerprint density at radius 3 is 2.38 bits per heavy atom. The zero-order chi connectivity index (χ0) is 17.7. The van der Waals surface area contributed by atoms with Crippen LogP contribution in [0, 0.1) is 6.92 Å². The standard InChI is InChI=1S/C18H21NO4S/c1-13(2)19-24(21,22)17-9-7-16(8-10-17)18(20)23-12-15-6-4-5-14(3)11-15/h4-11,13,19H,12H2,1-3H3. The lowest BCUT2D eigenvalue weighted by Crippen LogP contribution is -2.30. The van der Waals surface area contributed by atoms with E-state index in [9.17, 15) is 13.2 Å². The molecule has 0 heterocycles. The molecule has 6 heteroatoms. The molecular formula is C18H21NO4S. The van der Waals surface area contributed by atoms with Crippen molar-refractivity contribution in [3.8, 4) is 0 Å². The van der Waals surface area contributed by atoms with Crippen LogP contribution >= 0.6 is 0 Å². The van der Waals surface area contributed by atoms with Crippen LogP contribution in [0.5, 0.6) is 0 Å². The number of benzene rings is 2. The van der Waals surface area contributed by atoms with Gasteiger partial charge in [0.2, 0.25) is 10.0 Å². The number of rotatable bonds is 6. The first kappa shape index (κ1) is 18.2. The lowest BCUT2D eigenvalue weighted by atomic mass is 10.1. The average molecular weight is 347 g/mol. The number of carbonyl (C=O) groups excluding carboxylic acids is 1. The Bertz CT molecular complexity index is 811. The number of nitrogens with one attached hydrogen (secondary N) is 1. The van der Waals surface area contributed by atoms with Gasteiger partial charge in [-0.1, -0.05) is 29.8 Å². The molecule has 128 valence electrons. The maximum atomic E-state index is 12.1. The molecule has 0 saturated heterocycles. The first-order valence-corrected chi connectivity index (χ1v) is 9.11. The topological polar surface area (TPSA) is 72.5 Å². The summed E-state index contributed by atoms with van der Waals surface area (Å²) >= 11 is 0. The molecule has 0 aliphatic heterocycles. The number of sulfonamides is 1. The van der Waals surface area contributed by atoms with E-state index in [-0.39, 0.29) is 17.5 Å². The number of esters is 1. The second-order valence-corrected chi connectivity index (χ2v) is 7.58. The van der Waals surface area contributed by atoms with Gasteiger partial charge in [0.25, 0.3) is 0 Å². The quantitative estimate of drug-likeness (QED) is 0.815. The van der Waals surface area contributed by atoms with Crippen molar-refractivity contribution >= 4 is 16.0 Å². The smallest absolute Gasteiger partial charge is 0.338 e. The van der Waals surface area contributed by atoms with Gasteiger partial charge in [-0.2, -0.15) is 0 Å². The second kappa shape index (κ2) is 7.59. The molecule has 0 saturated carbocycles. The van der Waals surface area contributed by atoms with Gasteiger partial charge in [-0.25, -0.2) is 17.9 Å². The van der Waals surface area contributed by atoms with E-state index in [0.29, 0.717) is 5.56 Å². The second-order valence-electron chi connectivity index (χ2n) is 5.87. The van der Waals surface area contributed by atoms with Crippen molar-refractivity contribution in [2.75, 3.05) is 0 Å². The summed E-state index contributed by atoms with van der Waals surface area (Å²) in [6.45, 7) is 5.63. The first-order chi connectivity index (χ1) is 11.3. The lowest BCUT2D eigenvalue weighted by Gasteiger charge is -2.10. The Balaban J connectivity index is 2.03. The number of hydrogen-bond acceptors (Lipinski definition) is 4. The van der Waals surface area contributed by atoms with E-state index in [0.717, 1.165) is 11.1 Å². The third kappa shape index (κ3) is 4.91. The third-order valence-electron chi connectivity index (χ3n) is 3.24. The third-order valence-corrected chi connectivity index (χ3v) is 4.92. The van der Waals surface area contributed by atoms with Crippen molar-refractivity contribution in [2.24, 2.45) is 0 Å². The minimum Gasteiger partial charge on any atom is -0.457 e. The summed E-state index contributed by atoms with van der Waals surface area (Å²) in [5, 5.41) is 0. The molecule has 0 unspecified atom stereocenters. The molecule has 0 aromatic heterocycles. The molecule has 2 aromatic rings. The molecule has 24 heavy (non-hydrogen) atoms. The van der Waals surface area contributed by atoms with E-state index in [1.807, 2.05) is 31.2 Å². The van der Waals surface area contributed by atoms with E-state index in [2.05, 4.69) is 4.72 Å². The Hall–Kier alpha value is -2.18. The van der Waals surface area contributed by atoms with Crippen molar-refractivity contribution in [2.45, 2.75) is 38.3 Å². The molecule has 0 radical (unpaired) electrons. The zero-order valence-corrected chi connectivity index (χ0v) is 14.8. The van der Waals surface area contributed by atoms with Crippen molar-refractivity contribution in [1.29, 1.82) is 0 Å². The minimum absolute atomic E-state index is 0.117. The lowest BCUT2D eigenvalue weighted by molar-refractivity contribution is 0.0472. The summed E-state index contributed by atoms with van der Waals surface area (Å²) < 4.78 is 31.8. The van der Waals surface area contributed by atoms with Gasteiger partial charge in [-0.15, -0.1) is 0 Å². The Labute approximate surface area is 142 Å². The minimum atomic E-state index is -3.56. The summed E-state index contributed by atoms with van der Waals surface area (Å²) in [5.74, 6) is -0.489. The molecule has 0 aliphatic rings. The number of carbonyl (C=O) groups is 1. The fourth-order valence-electron chi connectivity index (χ4n) is 2.18. The fraction of sp³-hybridized carbons (Fsp3) is 0.278. The molecule has 0 fully saturated rings. The van der Waals surface area contributed by atoms with Crippen molar-refractivity contribution in [1.82, 2.24) is 4.72 Å². The Kier molecular flexibility index (Phi) is 5.75. The SMILES string of the molecule is Cc1cccc(COC(=O)c2ccc(S(=O)(=O)NC(C)C)cc2)c1. The summed E-state index contributed by atoms with van der Waals surface area (Å²) in [4.78, 5) is 12.2. The maximum Gasteiger partial charge on any atom is 0.338 e. The molecule has 0 aliphatic carbocycles. The highest BCUT2D eigenvalue weighted by atomic mass is 32.2. The number of hydrogen-bond donors (Lipinski definition) is 1. The normalized spacial score (nSPS) is 11.5. The van der Waals surface area contributed by atoms with Gasteiger partial charge in [-0.05, 0) is 50.6 Å². The molecule has 5 nitrogen and oxygen atoms in total. The van der Waals surface area contributed by atoms with Gasteiger partial charge in [0.05, 0.1) is 10.5 Å². The van der Waals surface area contributed by atoms with E-state index in [1.54, 1.807) is 13.8 Å². The molecule has 2 aromatic carbocycles. The summed E-state index contributed by atoms with van der Waals surface area (Å²) in [7, 11) is -3.56. The van der Waals surface area contributed by atoms with Gasteiger partial charge >= 0.3 is 5.97 Å². The zero-order valence-electron chi connectivity index (χ0n) is 13.9. The van der Waals surface area contributed by atoms with E-state index < -0.39 is 16.0 Å². The van der Waals surface area contributed by atoms with Crippen molar-refractivity contribution in [3.05, 3.63) is 65.2 Å². The summed E-state index contributed by atoms with van der Waals surface area (Å²) in [5.41, 5.74) is 2.31. The maximum absolute atomic E-state index is 12.1. The fourth-order valence-corrected chi connectivity index (χ4v) is 3.43. The Morgan fingerprint density at radius 1 is 1.12 bits per heavy atom. The highest BCUT2D eigenvalue weighted by molar-refractivity contribution is 7.89. The van der Waals surface area contributed by atoms with Gasteiger partial charge in [-0.3, -0.25) is 0 Å². The van der Waals surface area contributed by atoms with E-state index in [4.69, 9.17) is 4.74 Å². The molecule has 2 rings (SSSR count). The largest absolute Gasteiger partial charge is 0.457 e.